The summed E-state index contributed by atoms with van der Waals surface area (Å²) < 4.78 is 132. The van der Waals surface area contributed by atoms with Crippen LogP contribution < -0.4 is 0 Å². The van der Waals surface area contributed by atoms with Crippen molar-refractivity contribution in [2.75, 3.05) is 46.2 Å². The number of carbonyl (C=O) groups is 3. The summed E-state index contributed by atoms with van der Waals surface area (Å²) in [6.07, 6.45) is -92.2. The molecule has 11 aliphatic heterocycles. The topological polar surface area (TPSA) is 821 Å². The number of aliphatic hydroxyl groups excluding tert-OH is 28. The molecule has 0 radical (unpaired) electrons. The van der Waals surface area contributed by atoms with E-state index in [4.69, 9.17) is 104 Å². The Morgan fingerprint density at radius 2 is 0.772 bits per heavy atom. The Hall–Kier alpha value is -3.57. The van der Waals surface area contributed by atoms with E-state index in [1.165, 1.54) is 20.8 Å². The van der Waals surface area contributed by atoms with Gasteiger partial charge in [0, 0.05) is 0 Å². The van der Waals surface area contributed by atoms with Crippen molar-refractivity contribution < 1.29 is 262 Å². The molecular weight excluding hydrogens is 1950 g/mol. The van der Waals surface area contributed by atoms with E-state index in [-0.39, 0.29) is 31.6 Å². The van der Waals surface area contributed by atoms with Gasteiger partial charge in [-0.15, -0.1) is 0 Å². The van der Waals surface area contributed by atoms with Gasteiger partial charge < -0.3 is 252 Å². The molecule has 11 saturated heterocycles. The molecule has 15 fully saturated rings. The number of hydrogen-bond acceptors (Lipinski definition) is 53. The molecule has 0 spiro atoms. The van der Waals surface area contributed by atoms with Gasteiger partial charge in [0.2, 0.25) is 12.6 Å². The van der Waals surface area contributed by atoms with Crippen LogP contribution in [-0.2, 0) is 119 Å². The highest BCUT2D eigenvalue weighted by atomic mass is 16.8. The summed E-state index contributed by atoms with van der Waals surface area (Å²) in [5.74, 6) is -3.85. The van der Waals surface area contributed by atoms with Crippen molar-refractivity contribution in [3.05, 3.63) is 11.6 Å². The van der Waals surface area contributed by atoms with Crippen molar-refractivity contribution in [2.24, 2.45) is 50.2 Å². The standard InChI is InChI=1S/C92H146O53/c1-29-44(100)50(106)57(113)79(128-29)141-71-62(118)67(137-80-61(117)54(110)66(30(2)129-80)136-77-64(120)69(36(99)25-125-77)139-78-65(121)68(35(98)26-126-78)138-75-55(111)45(101)34(97)24-124-75)31(3)130-84(71)145-86(123)92-18-16-87(4,5)20-33(92)32-10-11-42-88(6)14-13-43(89(7,28-96)41(88)12-15-91(42,9)90(32,8)17-19-92)135-85-72(142-82-59(115)52(108)47(103)38(22-94)132-82)63(119)70(73(143-85)74(122)144-83-60(116)53(109)48(104)39(23-95)133-83)140-76-56(112)49(105)40(27-127-76)134-81-58(114)51(107)46(102)37(21-93)131-81/h10,28-31,33-73,75-85,93-95,97-121H,11-27H2,1-9H3. The fraction of sp³-hybridized carbons (Fsp3) is 0.946. The molecule has 5 aliphatic carbocycles. The van der Waals surface area contributed by atoms with E-state index < -0.39 is 422 Å². The average molecular weight is 2100 g/mol. The van der Waals surface area contributed by atoms with Crippen LogP contribution >= 0.6 is 0 Å². The Balaban J connectivity index is 0.632. The van der Waals surface area contributed by atoms with E-state index in [1.54, 1.807) is 6.92 Å². The molecule has 16 rings (SSSR count). The van der Waals surface area contributed by atoms with E-state index >= 15 is 9.59 Å². The van der Waals surface area contributed by atoms with Crippen LogP contribution in [0.4, 0.5) is 0 Å². The monoisotopic (exact) mass is 2100 g/mol. The second kappa shape index (κ2) is 44.6. The molecule has 60 atom stereocenters. The maximum atomic E-state index is 16.2. The van der Waals surface area contributed by atoms with E-state index in [9.17, 15) is 148 Å². The Morgan fingerprint density at radius 3 is 1.32 bits per heavy atom. The number of esters is 2. The van der Waals surface area contributed by atoms with Crippen LogP contribution in [0.3, 0.4) is 0 Å². The number of rotatable bonds is 26. The molecule has 28 N–H and O–H groups in total. The highest BCUT2D eigenvalue weighted by Gasteiger charge is 2.73. The first-order valence-corrected chi connectivity index (χ1v) is 49.6. The first kappa shape index (κ1) is 114. The first-order valence-electron chi connectivity index (χ1n) is 49.6. The molecule has 16 aliphatic rings. The molecule has 4 saturated carbocycles. The summed E-state index contributed by atoms with van der Waals surface area (Å²) >= 11 is 0. The zero-order valence-electron chi connectivity index (χ0n) is 81.2. The predicted molar refractivity (Wildman–Crippen MR) is 464 cm³/mol. The lowest BCUT2D eigenvalue weighted by Crippen LogP contribution is -2.69. The summed E-state index contributed by atoms with van der Waals surface area (Å²) in [5, 5.41) is 311. The van der Waals surface area contributed by atoms with Gasteiger partial charge >= 0.3 is 11.9 Å². The number of fused-ring (bicyclic) bond motifs is 7. The Labute approximate surface area is 830 Å². The molecule has 0 amide bonds. The van der Waals surface area contributed by atoms with Crippen LogP contribution in [0.5, 0.6) is 0 Å². The number of carbonyl (C=O) groups excluding carboxylic acids is 3. The lowest BCUT2D eigenvalue weighted by atomic mass is 9.33. The number of ether oxygens (including phenoxy) is 22. The van der Waals surface area contributed by atoms with Gasteiger partial charge in [-0.2, -0.15) is 0 Å². The number of hydrogen-bond donors (Lipinski definition) is 28. The fourth-order valence-electron chi connectivity index (χ4n) is 25.3. The molecule has 145 heavy (non-hydrogen) atoms. The van der Waals surface area contributed by atoms with E-state index in [0.717, 1.165) is 11.9 Å². The summed E-state index contributed by atoms with van der Waals surface area (Å²) in [5.41, 5.74) is -4.54. The third kappa shape index (κ3) is 20.9. The summed E-state index contributed by atoms with van der Waals surface area (Å²) in [4.78, 5) is 46.1. The van der Waals surface area contributed by atoms with E-state index in [2.05, 4.69) is 40.7 Å². The van der Waals surface area contributed by atoms with Gasteiger partial charge in [0.15, 0.2) is 68.8 Å². The second-order valence-corrected chi connectivity index (χ2v) is 43.8. The number of aliphatic hydroxyl groups is 28. The minimum atomic E-state index is -2.47. The zero-order valence-corrected chi connectivity index (χ0v) is 81.2. The van der Waals surface area contributed by atoms with Crippen molar-refractivity contribution in [3.63, 3.8) is 0 Å². The molecule has 0 aromatic heterocycles. The lowest BCUT2D eigenvalue weighted by Gasteiger charge is -2.71. The van der Waals surface area contributed by atoms with Crippen LogP contribution in [0.2, 0.25) is 0 Å². The molecule has 0 bridgehead atoms. The van der Waals surface area contributed by atoms with Gasteiger partial charge in [0.1, 0.15) is 220 Å². The summed E-state index contributed by atoms with van der Waals surface area (Å²) in [6, 6.07) is 0. The van der Waals surface area contributed by atoms with Gasteiger partial charge in [-0.25, -0.2) is 4.79 Å². The smallest absolute Gasteiger partial charge is 0.340 e. The minimum Gasteiger partial charge on any atom is -0.432 e. The fourth-order valence-corrected chi connectivity index (χ4v) is 25.3. The Morgan fingerprint density at radius 1 is 0.352 bits per heavy atom. The quantitative estimate of drug-likeness (QED) is 0.0165. The van der Waals surface area contributed by atoms with Crippen LogP contribution in [0.15, 0.2) is 11.6 Å². The largest absolute Gasteiger partial charge is 0.432 e. The van der Waals surface area contributed by atoms with Crippen LogP contribution in [-0.4, -0.2) is 527 Å². The maximum absolute atomic E-state index is 16.2. The van der Waals surface area contributed by atoms with Gasteiger partial charge in [-0.1, -0.05) is 53.2 Å². The summed E-state index contributed by atoms with van der Waals surface area (Å²) in [7, 11) is 0. The second-order valence-electron chi connectivity index (χ2n) is 43.8. The van der Waals surface area contributed by atoms with Gasteiger partial charge in [0.05, 0.1) is 81.5 Å². The molecule has 832 valence electrons. The highest BCUT2D eigenvalue weighted by molar-refractivity contribution is 5.79. The van der Waals surface area contributed by atoms with Crippen LogP contribution in [0.25, 0.3) is 0 Å². The molecular formula is C92H146O53. The molecule has 53 nitrogen and oxygen atoms in total. The first-order chi connectivity index (χ1) is 68.3. The van der Waals surface area contributed by atoms with E-state index in [0.29, 0.717) is 38.5 Å². The lowest BCUT2D eigenvalue weighted by molar-refractivity contribution is -0.391. The van der Waals surface area contributed by atoms with Crippen molar-refractivity contribution >= 4 is 18.2 Å². The zero-order chi connectivity index (χ0) is 105. The minimum absolute atomic E-state index is 0.0224. The van der Waals surface area contributed by atoms with Crippen LogP contribution in [0.1, 0.15) is 127 Å². The third-order valence-electron chi connectivity index (χ3n) is 34.4. The average Bonchev–Trinajstić information content (AvgIpc) is 0.671. The summed E-state index contributed by atoms with van der Waals surface area (Å²) in [6.45, 7) is 11.1. The maximum Gasteiger partial charge on any atom is 0.340 e. The van der Waals surface area contributed by atoms with Crippen molar-refractivity contribution in [3.8, 4) is 0 Å². The molecule has 53 heteroatoms. The van der Waals surface area contributed by atoms with Crippen LogP contribution in [0, 0.1) is 50.2 Å². The highest BCUT2D eigenvalue weighted by Crippen LogP contribution is 2.76. The molecule has 0 aromatic carbocycles. The molecule has 60 unspecified atom stereocenters. The number of aldehydes is 1. The van der Waals surface area contributed by atoms with Crippen molar-refractivity contribution in [2.45, 2.75) is 446 Å². The number of allylic oxidation sites excluding steroid dienone is 2. The van der Waals surface area contributed by atoms with Gasteiger partial charge in [-0.3, -0.25) is 4.79 Å². The Bertz CT molecular complexity index is 4340. The van der Waals surface area contributed by atoms with Gasteiger partial charge in [-0.05, 0) is 124 Å². The normalized spacial score (nSPS) is 55.0. The van der Waals surface area contributed by atoms with Crippen molar-refractivity contribution in [1.29, 1.82) is 0 Å². The van der Waals surface area contributed by atoms with E-state index in [1.807, 2.05) is 0 Å². The Kier molecular flexibility index (Phi) is 35.1. The predicted octanol–water partition coefficient (Wildman–Crippen LogP) is -12.9. The molecule has 0 aromatic rings. The SMILES string of the molecule is CC1OC(OC2C(OC(=O)C34CCC(C)(C)CC3C3=CCC5C6(C)CCC(OC7OC(C(=O)OC8OC(CO)C(O)C(O)C8O)C(OC8OCC(OC9OC(CO)C(O)C(O)C9O)C(O)C8O)C(O)C7OC7OC(CO)C(O)C(O)C7O)C(C)(C=O)C6CCC5(C)C3(C)CC4)OC(C)C(OC3OC(C)C(OC4OCC(O)C(OC5OCC(O)C(OC6OCC(O)C(O)C6O)C5O)C4O)C(O)C3O)C2O)C(O)C(O)C1O. The molecule has 11 heterocycles. The third-order valence-corrected chi connectivity index (χ3v) is 34.4. The van der Waals surface area contributed by atoms with Crippen molar-refractivity contribution in [1.82, 2.24) is 0 Å². The van der Waals surface area contributed by atoms with Gasteiger partial charge in [0.25, 0.3) is 0 Å².